The summed E-state index contributed by atoms with van der Waals surface area (Å²) in [6.07, 6.45) is 0.988. The molecule has 2 aliphatic rings. The third kappa shape index (κ3) is 6.20. The molecular formula is C19H31N3O6. The van der Waals surface area contributed by atoms with Crippen LogP contribution >= 0.6 is 0 Å². The van der Waals surface area contributed by atoms with E-state index < -0.39 is 23.5 Å². The molecule has 0 aromatic carbocycles. The Hall–Kier alpha value is -2.13. The number of aliphatic imine (C=N–C) groups is 1. The van der Waals surface area contributed by atoms with Crippen molar-refractivity contribution < 1.29 is 28.5 Å². The summed E-state index contributed by atoms with van der Waals surface area (Å²) in [7, 11) is 0. The fraction of sp³-hybridized carbons (Fsp3) is 0.737. The SMILES string of the molecule is CCOC(=O)C(=NCCNC(=O)OC(C)(C)C)C1=C(N)CCC2(C1)OCCO2. The van der Waals surface area contributed by atoms with Crippen LogP contribution in [0.15, 0.2) is 16.3 Å². The van der Waals surface area contributed by atoms with Crippen molar-refractivity contribution in [2.45, 2.75) is 58.3 Å². The number of carbonyl (C=O) groups is 2. The first-order valence-electron chi connectivity index (χ1n) is 9.60. The number of rotatable bonds is 6. The lowest BCUT2D eigenvalue weighted by molar-refractivity contribution is -0.162. The third-order valence-electron chi connectivity index (χ3n) is 4.23. The van der Waals surface area contributed by atoms with Gasteiger partial charge in [-0.05, 0) is 34.1 Å². The summed E-state index contributed by atoms with van der Waals surface area (Å²) in [6.45, 7) is 8.71. The van der Waals surface area contributed by atoms with Crippen LogP contribution in [0, 0.1) is 0 Å². The Morgan fingerprint density at radius 2 is 1.96 bits per heavy atom. The predicted octanol–water partition coefficient (Wildman–Crippen LogP) is 1.66. The molecule has 1 spiro atoms. The maximum Gasteiger partial charge on any atom is 0.407 e. The average Bonchev–Trinajstić information content (AvgIpc) is 3.04. The lowest BCUT2D eigenvalue weighted by atomic mass is 9.88. The van der Waals surface area contributed by atoms with Crippen LogP contribution in [0.4, 0.5) is 4.79 Å². The third-order valence-corrected chi connectivity index (χ3v) is 4.23. The highest BCUT2D eigenvalue weighted by atomic mass is 16.7. The Kier molecular flexibility index (Phi) is 7.42. The van der Waals surface area contributed by atoms with Crippen molar-refractivity contribution >= 4 is 17.8 Å². The van der Waals surface area contributed by atoms with E-state index in [1.54, 1.807) is 27.7 Å². The first-order chi connectivity index (χ1) is 13.2. The van der Waals surface area contributed by atoms with Crippen LogP contribution in [0.3, 0.4) is 0 Å². The fourth-order valence-electron chi connectivity index (χ4n) is 3.05. The van der Waals surface area contributed by atoms with Gasteiger partial charge >= 0.3 is 12.1 Å². The number of hydrogen-bond donors (Lipinski definition) is 2. The van der Waals surface area contributed by atoms with Gasteiger partial charge in [0.25, 0.3) is 0 Å². The number of alkyl carbamates (subject to hydrolysis) is 1. The Bertz CT molecular complexity index is 645. The molecule has 1 saturated heterocycles. The normalized spacial score (nSPS) is 19.6. The molecule has 0 bridgehead atoms. The van der Waals surface area contributed by atoms with Crippen molar-refractivity contribution in [3.63, 3.8) is 0 Å². The molecule has 3 N–H and O–H groups in total. The van der Waals surface area contributed by atoms with Gasteiger partial charge in [0, 0.05) is 30.7 Å². The number of ether oxygens (including phenoxy) is 4. The standard InChI is InChI=1S/C19H31N3O6/c1-5-25-16(23)15(21-8-9-22-17(24)28-18(2,3)4)13-12-19(7-6-14(13)20)26-10-11-27-19/h5-12,20H2,1-4H3,(H,22,24). The van der Waals surface area contributed by atoms with E-state index in [1.807, 2.05) is 0 Å². The predicted molar refractivity (Wildman–Crippen MR) is 103 cm³/mol. The van der Waals surface area contributed by atoms with Crippen molar-refractivity contribution in [1.82, 2.24) is 5.32 Å². The lowest BCUT2D eigenvalue weighted by Gasteiger charge is -2.33. The minimum Gasteiger partial charge on any atom is -0.461 e. The number of esters is 1. The largest absolute Gasteiger partial charge is 0.461 e. The fourth-order valence-corrected chi connectivity index (χ4v) is 3.05. The van der Waals surface area contributed by atoms with Crippen molar-refractivity contribution in [3.8, 4) is 0 Å². The summed E-state index contributed by atoms with van der Waals surface area (Å²) in [5.41, 5.74) is 6.92. The highest BCUT2D eigenvalue weighted by molar-refractivity contribution is 6.43. The van der Waals surface area contributed by atoms with Crippen LogP contribution in [0.5, 0.6) is 0 Å². The molecular weight excluding hydrogens is 366 g/mol. The maximum atomic E-state index is 12.5. The van der Waals surface area contributed by atoms with Gasteiger partial charge in [0.1, 0.15) is 11.3 Å². The molecule has 1 amide bonds. The van der Waals surface area contributed by atoms with Gasteiger partial charge in [0.2, 0.25) is 0 Å². The van der Waals surface area contributed by atoms with Gasteiger partial charge in [-0.15, -0.1) is 0 Å². The maximum absolute atomic E-state index is 12.5. The van der Waals surface area contributed by atoms with Crippen LogP contribution in [-0.4, -0.2) is 62.1 Å². The number of nitrogens with zero attached hydrogens (tertiary/aromatic N) is 1. The number of amides is 1. The molecule has 0 radical (unpaired) electrons. The summed E-state index contributed by atoms with van der Waals surface area (Å²) in [5.74, 6) is -1.30. The monoisotopic (exact) mass is 397 g/mol. The smallest absolute Gasteiger partial charge is 0.407 e. The first-order valence-corrected chi connectivity index (χ1v) is 9.60. The van der Waals surface area contributed by atoms with E-state index in [1.165, 1.54) is 0 Å². The van der Waals surface area contributed by atoms with E-state index in [-0.39, 0.29) is 25.4 Å². The van der Waals surface area contributed by atoms with Gasteiger partial charge in [-0.2, -0.15) is 0 Å². The molecule has 28 heavy (non-hydrogen) atoms. The van der Waals surface area contributed by atoms with Gasteiger partial charge < -0.3 is 30.0 Å². The number of allylic oxidation sites excluding steroid dienone is 1. The Morgan fingerprint density at radius 1 is 1.29 bits per heavy atom. The molecule has 1 aliphatic heterocycles. The molecule has 0 unspecified atom stereocenters. The van der Waals surface area contributed by atoms with Gasteiger partial charge in [0.05, 0.1) is 26.4 Å². The van der Waals surface area contributed by atoms with Crippen LogP contribution in [0.1, 0.15) is 47.0 Å². The summed E-state index contributed by atoms with van der Waals surface area (Å²) in [6, 6.07) is 0. The highest BCUT2D eigenvalue weighted by Gasteiger charge is 2.42. The Balaban J connectivity index is 2.08. The van der Waals surface area contributed by atoms with Crippen LogP contribution in [-0.2, 0) is 23.7 Å². The van der Waals surface area contributed by atoms with E-state index in [9.17, 15) is 9.59 Å². The second-order valence-corrected chi connectivity index (χ2v) is 7.67. The second-order valence-electron chi connectivity index (χ2n) is 7.67. The minimum absolute atomic E-state index is 0.156. The van der Waals surface area contributed by atoms with Crippen molar-refractivity contribution in [3.05, 3.63) is 11.3 Å². The Morgan fingerprint density at radius 3 is 2.57 bits per heavy atom. The zero-order valence-electron chi connectivity index (χ0n) is 17.1. The van der Waals surface area contributed by atoms with Crippen molar-refractivity contribution in [2.24, 2.45) is 10.7 Å². The number of carbonyl (C=O) groups excluding carboxylic acids is 2. The average molecular weight is 397 g/mol. The first kappa shape index (κ1) is 22.2. The molecule has 1 aliphatic carbocycles. The number of nitrogens with two attached hydrogens (primary N) is 1. The molecule has 1 fully saturated rings. The van der Waals surface area contributed by atoms with Gasteiger partial charge in [-0.3, -0.25) is 4.99 Å². The zero-order chi connectivity index (χ0) is 20.8. The van der Waals surface area contributed by atoms with E-state index in [2.05, 4.69) is 10.3 Å². The van der Waals surface area contributed by atoms with Crippen molar-refractivity contribution in [2.75, 3.05) is 32.9 Å². The second kappa shape index (κ2) is 9.38. The molecule has 0 aromatic heterocycles. The van der Waals surface area contributed by atoms with Gasteiger partial charge in [-0.1, -0.05) is 0 Å². The quantitative estimate of drug-likeness (QED) is 0.397. The molecule has 1 heterocycles. The van der Waals surface area contributed by atoms with Crippen molar-refractivity contribution in [1.29, 1.82) is 0 Å². The summed E-state index contributed by atoms with van der Waals surface area (Å²) < 4.78 is 21.8. The zero-order valence-corrected chi connectivity index (χ0v) is 17.1. The topological polar surface area (TPSA) is 121 Å². The molecule has 0 aromatic rings. The Labute approximate surface area is 165 Å². The highest BCUT2D eigenvalue weighted by Crippen LogP contribution is 2.38. The van der Waals surface area contributed by atoms with E-state index in [0.717, 1.165) is 0 Å². The van der Waals surface area contributed by atoms with Gasteiger partial charge in [0.15, 0.2) is 5.79 Å². The lowest BCUT2D eigenvalue weighted by Crippen LogP contribution is -2.38. The molecule has 158 valence electrons. The van der Waals surface area contributed by atoms with E-state index in [0.29, 0.717) is 43.7 Å². The molecule has 0 saturated carbocycles. The van der Waals surface area contributed by atoms with Crippen LogP contribution in [0.2, 0.25) is 0 Å². The van der Waals surface area contributed by atoms with Crippen LogP contribution in [0.25, 0.3) is 0 Å². The van der Waals surface area contributed by atoms with E-state index in [4.69, 9.17) is 24.7 Å². The molecule has 9 nitrogen and oxygen atoms in total. The summed E-state index contributed by atoms with van der Waals surface area (Å²) >= 11 is 0. The minimum atomic E-state index is -0.750. The van der Waals surface area contributed by atoms with E-state index >= 15 is 0 Å². The molecule has 9 heteroatoms. The van der Waals surface area contributed by atoms with Crippen LogP contribution < -0.4 is 11.1 Å². The van der Waals surface area contributed by atoms with Gasteiger partial charge in [-0.25, -0.2) is 9.59 Å². The summed E-state index contributed by atoms with van der Waals surface area (Å²) in [4.78, 5) is 28.6. The molecule has 2 rings (SSSR count). The number of hydrogen-bond acceptors (Lipinski definition) is 8. The number of nitrogens with one attached hydrogen (secondary N) is 1. The summed E-state index contributed by atoms with van der Waals surface area (Å²) in [5, 5.41) is 2.61. The molecule has 0 atom stereocenters.